The number of para-hydroxylation sites is 3. The zero-order valence-electron chi connectivity index (χ0n) is 17.3. The predicted molar refractivity (Wildman–Crippen MR) is 121 cm³/mol. The smallest absolute Gasteiger partial charge is 0.187 e. The van der Waals surface area contributed by atoms with Crippen molar-refractivity contribution < 1.29 is 0 Å². The van der Waals surface area contributed by atoms with E-state index in [0.717, 1.165) is 22.4 Å². The first-order chi connectivity index (χ1) is 14.0. The maximum absolute atomic E-state index is 7.41. The summed E-state index contributed by atoms with van der Waals surface area (Å²) in [4.78, 5) is 8.61. The van der Waals surface area contributed by atoms with Crippen molar-refractivity contribution in [1.82, 2.24) is 9.55 Å². The number of hydrogen-bond donors (Lipinski definition) is 0. The van der Waals surface area contributed by atoms with Crippen molar-refractivity contribution >= 4 is 16.7 Å². The van der Waals surface area contributed by atoms with Gasteiger partial charge in [-0.25, -0.2) is 9.83 Å². The molecule has 3 nitrogen and oxygen atoms in total. The summed E-state index contributed by atoms with van der Waals surface area (Å²) in [6.07, 6.45) is 0. The van der Waals surface area contributed by atoms with Gasteiger partial charge in [0.1, 0.15) is 5.82 Å². The maximum atomic E-state index is 7.41. The first-order valence-corrected chi connectivity index (χ1v) is 10.1. The molecule has 4 aromatic rings. The molecule has 0 bridgehead atoms. The predicted octanol–water partition coefficient (Wildman–Crippen LogP) is 7.49. The standard InChI is InChI=1S/C26H25N3/c1-17(2)21-12-9-13-22(18(3)4)25(21)29-24-15-7-6-14-23(24)28-26(29)19-10-8-11-20(16-19)27-5/h6-18H,1-4H3. The van der Waals surface area contributed by atoms with Crippen molar-refractivity contribution in [2.75, 3.05) is 0 Å². The van der Waals surface area contributed by atoms with E-state index in [1.807, 2.05) is 30.3 Å². The molecule has 1 aromatic heterocycles. The molecular formula is C26H25N3. The number of aromatic nitrogens is 2. The monoisotopic (exact) mass is 379 g/mol. The van der Waals surface area contributed by atoms with Gasteiger partial charge < -0.3 is 0 Å². The van der Waals surface area contributed by atoms with Gasteiger partial charge in [0.15, 0.2) is 5.69 Å². The Bertz CT molecular complexity index is 1200. The van der Waals surface area contributed by atoms with Crippen molar-refractivity contribution in [3.63, 3.8) is 0 Å². The van der Waals surface area contributed by atoms with E-state index in [1.165, 1.54) is 16.8 Å². The van der Waals surface area contributed by atoms with Gasteiger partial charge in [-0.05, 0) is 41.2 Å². The summed E-state index contributed by atoms with van der Waals surface area (Å²) in [6.45, 7) is 16.4. The topological polar surface area (TPSA) is 22.2 Å². The third kappa shape index (κ3) is 3.32. The zero-order valence-corrected chi connectivity index (χ0v) is 17.3. The van der Waals surface area contributed by atoms with E-state index in [1.54, 1.807) is 0 Å². The fourth-order valence-corrected chi connectivity index (χ4v) is 3.93. The third-order valence-corrected chi connectivity index (χ3v) is 5.36. The minimum absolute atomic E-state index is 0.382. The zero-order chi connectivity index (χ0) is 20.5. The second kappa shape index (κ2) is 7.56. The molecule has 0 radical (unpaired) electrons. The molecule has 0 aliphatic rings. The molecule has 29 heavy (non-hydrogen) atoms. The number of imidazole rings is 1. The third-order valence-electron chi connectivity index (χ3n) is 5.36. The summed E-state index contributed by atoms with van der Waals surface area (Å²) < 4.78 is 2.29. The molecular weight excluding hydrogens is 354 g/mol. The molecule has 3 heteroatoms. The minimum Gasteiger partial charge on any atom is -0.292 e. The molecule has 0 atom stereocenters. The lowest BCUT2D eigenvalue weighted by Gasteiger charge is -2.22. The summed E-state index contributed by atoms with van der Waals surface area (Å²) >= 11 is 0. The molecule has 0 unspecified atom stereocenters. The van der Waals surface area contributed by atoms with Crippen molar-refractivity contribution in [2.45, 2.75) is 39.5 Å². The van der Waals surface area contributed by atoms with E-state index in [0.29, 0.717) is 17.5 Å². The van der Waals surface area contributed by atoms with E-state index in [4.69, 9.17) is 11.6 Å². The van der Waals surface area contributed by atoms with Crippen molar-refractivity contribution in [2.24, 2.45) is 0 Å². The van der Waals surface area contributed by atoms with Crippen LogP contribution in [0.15, 0.2) is 66.7 Å². The van der Waals surface area contributed by atoms with Gasteiger partial charge in [-0.3, -0.25) is 4.57 Å². The molecule has 0 fully saturated rings. The molecule has 4 rings (SSSR count). The fraction of sp³-hybridized carbons (Fsp3) is 0.231. The van der Waals surface area contributed by atoms with Crippen LogP contribution in [0.2, 0.25) is 0 Å². The maximum Gasteiger partial charge on any atom is 0.187 e. The number of hydrogen-bond acceptors (Lipinski definition) is 1. The van der Waals surface area contributed by atoms with Crippen LogP contribution in [0.25, 0.3) is 33.0 Å². The highest BCUT2D eigenvalue weighted by Crippen LogP contribution is 2.37. The Labute approximate surface area is 172 Å². The highest BCUT2D eigenvalue weighted by atomic mass is 15.1. The van der Waals surface area contributed by atoms with E-state index in [-0.39, 0.29) is 0 Å². The number of fused-ring (bicyclic) bond motifs is 1. The Kier molecular flexibility index (Phi) is 4.94. The van der Waals surface area contributed by atoms with Gasteiger partial charge >= 0.3 is 0 Å². The SMILES string of the molecule is [C-]#[N+]c1cccc(-c2nc3ccccc3n2-c2c(C(C)C)cccc2C(C)C)c1. The highest BCUT2D eigenvalue weighted by Gasteiger charge is 2.21. The van der Waals surface area contributed by atoms with Crippen molar-refractivity contribution in [1.29, 1.82) is 0 Å². The quantitative estimate of drug-likeness (QED) is 0.337. The van der Waals surface area contributed by atoms with Crippen LogP contribution in [0.1, 0.15) is 50.7 Å². The first-order valence-electron chi connectivity index (χ1n) is 10.1. The first kappa shape index (κ1) is 19.0. The van der Waals surface area contributed by atoms with Crippen LogP contribution in [0.5, 0.6) is 0 Å². The lowest BCUT2D eigenvalue weighted by molar-refractivity contribution is 0.811. The van der Waals surface area contributed by atoms with Crippen LogP contribution < -0.4 is 0 Å². The lowest BCUT2D eigenvalue weighted by Crippen LogP contribution is -2.08. The molecule has 0 aliphatic heterocycles. The average molecular weight is 380 g/mol. The van der Waals surface area contributed by atoms with Gasteiger partial charge in [-0.1, -0.05) is 76.2 Å². The lowest BCUT2D eigenvalue weighted by atomic mass is 9.92. The Morgan fingerprint density at radius 2 is 1.48 bits per heavy atom. The average Bonchev–Trinajstić information content (AvgIpc) is 3.12. The van der Waals surface area contributed by atoms with Crippen LogP contribution in [0.3, 0.4) is 0 Å². The van der Waals surface area contributed by atoms with Crippen LogP contribution in [-0.4, -0.2) is 9.55 Å². The van der Waals surface area contributed by atoms with Crippen LogP contribution >= 0.6 is 0 Å². The largest absolute Gasteiger partial charge is 0.292 e. The van der Waals surface area contributed by atoms with Crippen molar-refractivity contribution in [3.8, 4) is 17.1 Å². The Balaban J connectivity index is 2.14. The summed E-state index contributed by atoms with van der Waals surface area (Å²) in [5.41, 5.74) is 7.47. The van der Waals surface area contributed by atoms with Crippen LogP contribution in [-0.2, 0) is 0 Å². The fourth-order valence-electron chi connectivity index (χ4n) is 3.93. The van der Waals surface area contributed by atoms with Gasteiger partial charge in [0.25, 0.3) is 0 Å². The second-order valence-corrected chi connectivity index (χ2v) is 8.02. The van der Waals surface area contributed by atoms with Gasteiger partial charge in [0, 0.05) is 5.56 Å². The summed E-state index contributed by atoms with van der Waals surface area (Å²) in [5.74, 6) is 1.64. The Hall–Kier alpha value is -3.38. The highest BCUT2D eigenvalue weighted by molar-refractivity contribution is 5.84. The molecule has 0 saturated carbocycles. The number of nitrogens with zero attached hydrogens (tertiary/aromatic N) is 3. The molecule has 0 spiro atoms. The Morgan fingerprint density at radius 1 is 0.828 bits per heavy atom. The summed E-state index contributed by atoms with van der Waals surface area (Å²) in [5, 5.41) is 0. The van der Waals surface area contributed by atoms with Crippen LogP contribution in [0.4, 0.5) is 5.69 Å². The molecule has 144 valence electrons. The van der Waals surface area contributed by atoms with Crippen LogP contribution in [0, 0.1) is 6.57 Å². The minimum atomic E-state index is 0.382. The molecule has 0 saturated heterocycles. The molecule has 0 aliphatic carbocycles. The van der Waals surface area contributed by atoms with E-state index >= 15 is 0 Å². The van der Waals surface area contributed by atoms with E-state index in [2.05, 4.69) is 73.5 Å². The Morgan fingerprint density at radius 3 is 2.14 bits per heavy atom. The molecule has 3 aromatic carbocycles. The molecule has 1 heterocycles. The van der Waals surface area contributed by atoms with Gasteiger partial charge in [0.2, 0.25) is 0 Å². The molecule has 0 amide bonds. The van der Waals surface area contributed by atoms with Gasteiger partial charge in [0.05, 0.1) is 23.3 Å². The number of benzene rings is 3. The van der Waals surface area contributed by atoms with Gasteiger partial charge in [-0.15, -0.1) is 0 Å². The summed E-state index contributed by atoms with van der Waals surface area (Å²) in [7, 11) is 0. The van der Waals surface area contributed by atoms with E-state index < -0.39 is 0 Å². The molecule has 0 N–H and O–H groups in total. The van der Waals surface area contributed by atoms with Crippen molar-refractivity contribution in [3.05, 3.63) is 89.3 Å². The second-order valence-electron chi connectivity index (χ2n) is 8.02. The van der Waals surface area contributed by atoms with Gasteiger partial charge in [-0.2, -0.15) is 0 Å². The number of rotatable bonds is 4. The summed E-state index contributed by atoms with van der Waals surface area (Å²) in [6, 6.07) is 22.6. The van der Waals surface area contributed by atoms with E-state index in [9.17, 15) is 0 Å². The normalized spacial score (nSPS) is 11.3.